The van der Waals surface area contributed by atoms with E-state index in [1.807, 2.05) is 12.1 Å². The molecule has 21 heavy (non-hydrogen) atoms. The number of anilines is 1. The second-order valence-electron chi connectivity index (χ2n) is 5.37. The molecule has 1 heterocycles. The molecule has 0 bridgehead atoms. The Morgan fingerprint density at radius 2 is 1.71 bits per heavy atom. The predicted octanol–water partition coefficient (Wildman–Crippen LogP) is 0.951. The molecule has 0 atom stereocenters. The van der Waals surface area contributed by atoms with Crippen LogP contribution in [0.4, 0.5) is 5.69 Å². The number of rotatable bonds is 6. The van der Waals surface area contributed by atoms with E-state index in [2.05, 4.69) is 9.80 Å². The summed E-state index contributed by atoms with van der Waals surface area (Å²) < 4.78 is 23.6. The lowest BCUT2D eigenvalue weighted by Gasteiger charge is -2.36. The van der Waals surface area contributed by atoms with Gasteiger partial charge in [0.2, 0.25) is 0 Å². The van der Waals surface area contributed by atoms with Gasteiger partial charge >= 0.3 is 0 Å². The molecule has 0 aliphatic carbocycles. The molecule has 118 valence electrons. The quantitative estimate of drug-likeness (QED) is 0.847. The Balaban J connectivity index is 1.95. The van der Waals surface area contributed by atoms with Gasteiger partial charge in [-0.25, -0.2) is 8.42 Å². The summed E-state index contributed by atoms with van der Waals surface area (Å²) in [6, 6.07) is 7.26. The zero-order valence-electron chi connectivity index (χ0n) is 12.7. The Hall–Kier alpha value is -1.11. The average molecular weight is 311 g/mol. The van der Waals surface area contributed by atoms with Crippen molar-refractivity contribution in [2.75, 3.05) is 49.9 Å². The van der Waals surface area contributed by atoms with Crippen molar-refractivity contribution >= 4 is 15.5 Å². The van der Waals surface area contributed by atoms with E-state index in [0.29, 0.717) is 4.90 Å². The summed E-state index contributed by atoms with van der Waals surface area (Å²) in [6.45, 7) is 7.51. The molecule has 1 saturated heterocycles. The second kappa shape index (κ2) is 7.24. The molecule has 1 aromatic rings. The molecule has 1 aliphatic rings. The maximum absolute atomic E-state index is 11.8. The topological polar surface area (TPSA) is 66.6 Å². The minimum absolute atomic E-state index is 0.145. The first-order valence-electron chi connectivity index (χ1n) is 7.57. The number of piperazine rings is 1. The van der Waals surface area contributed by atoms with E-state index < -0.39 is 9.84 Å². The molecular formula is C15H25N3O2S. The van der Waals surface area contributed by atoms with Gasteiger partial charge in [0, 0.05) is 31.9 Å². The Morgan fingerprint density at radius 1 is 1.10 bits per heavy atom. The fourth-order valence-corrected chi connectivity index (χ4v) is 3.46. The van der Waals surface area contributed by atoms with Gasteiger partial charge in [-0.15, -0.1) is 0 Å². The lowest BCUT2D eigenvalue weighted by molar-refractivity contribution is 0.256. The summed E-state index contributed by atoms with van der Waals surface area (Å²) in [4.78, 5) is 5.15. The van der Waals surface area contributed by atoms with Gasteiger partial charge in [-0.1, -0.05) is 6.92 Å². The fraction of sp³-hybridized carbons (Fsp3) is 0.600. The van der Waals surface area contributed by atoms with E-state index in [1.165, 1.54) is 0 Å². The molecule has 0 spiro atoms. The van der Waals surface area contributed by atoms with Gasteiger partial charge in [0.25, 0.3) is 0 Å². The highest BCUT2D eigenvalue weighted by Gasteiger charge is 2.17. The van der Waals surface area contributed by atoms with Crippen LogP contribution in [-0.4, -0.2) is 58.3 Å². The third-order valence-electron chi connectivity index (χ3n) is 3.99. The van der Waals surface area contributed by atoms with Crippen molar-refractivity contribution in [2.45, 2.75) is 18.2 Å². The van der Waals surface area contributed by atoms with E-state index in [1.54, 1.807) is 19.1 Å². The number of nitrogens with zero attached hydrogens (tertiary/aromatic N) is 2. The van der Waals surface area contributed by atoms with Crippen LogP contribution in [0.5, 0.6) is 0 Å². The van der Waals surface area contributed by atoms with Gasteiger partial charge in [0.15, 0.2) is 9.84 Å². The third kappa shape index (κ3) is 4.18. The highest BCUT2D eigenvalue weighted by molar-refractivity contribution is 7.91. The van der Waals surface area contributed by atoms with Crippen LogP contribution in [-0.2, 0) is 9.84 Å². The maximum Gasteiger partial charge on any atom is 0.178 e. The first-order valence-corrected chi connectivity index (χ1v) is 9.22. The van der Waals surface area contributed by atoms with Gasteiger partial charge in [-0.3, -0.25) is 4.90 Å². The van der Waals surface area contributed by atoms with Gasteiger partial charge in [0.1, 0.15) is 0 Å². The highest BCUT2D eigenvalue weighted by Crippen LogP contribution is 2.20. The van der Waals surface area contributed by atoms with E-state index >= 15 is 0 Å². The van der Waals surface area contributed by atoms with Crippen molar-refractivity contribution in [3.05, 3.63) is 24.3 Å². The van der Waals surface area contributed by atoms with Crippen LogP contribution < -0.4 is 10.6 Å². The highest BCUT2D eigenvalue weighted by atomic mass is 32.2. The van der Waals surface area contributed by atoms with Gasteiger partial charge in [0.05, 0.1) is 10.6 Å². The smallest absolute Gasteiger partial charge is 0.178 e. The third-order valence-corrected chi connectivity index (χ3v) is 5.74. The lowest BCUT2D eigenvalue weighted by atomic mass is 10.2. The van der Waals surface area contributed by atoms with Crippen LogP contribution in [0, 0.1) is 0 Å². The van der Waals surface area contributed by atoms with Crippen molar-refractivity contribution in [3.8, 4) is 0 Å². The molecule has 2 rings (SSSR count). The van der Waals surface area contributed by atoms with Crippen molar-refractivity contribution in [1.29, 1.82) is 0 Å². The number of benzene rings is 1. The Labute approximate surface area is 127 Å². The Bertz CT molecular complexity index is 535. The number of hydrogen-bond donors (Lipinski definition) is 1. The number of nitrogens with two attached hydrogens (primary N) is 1. The first kappa shape index (κ1) is 16.3. The Kier molecular flexibility index (Phi) is 5.61. The van der Waals surface area contributed by atoms with E-state index in [9.17, 15) is 8.42 Å². The van der Waals surface area contributed by atoms with Crippen LogP contribution in [0.3, 0.4) is 0 Å². The summed E-state index contributed by atoms with van der Waals surface area (Å²) in [5.41, 5.74) is 6.64. The largest absolute Gasteiger partial charge is 0.369 e. The van der Waals surface area contributed by atoms with Crippen molar-refractivity contribution in [2.24, 2.45) is 5.73 Å². The average Bonchev–Trinajstić information content (AvgIpc) is 2.53. The standard InChI is InChI=1S/C15H25N3O2S/c1-2-21(19,20)15-6-4-14(5-7-15)18-12-10-17(11-13-18)9-3-8-16/h4-7H,2-3,8-13,16H2,1H3. The fourth-order valence-electron chi connectivity index (χ4n) is 2.58. The van der Waals surface area contributed by atoms with Crippen LogP contribution in [0.15, 0.2) is 29.2 Å². The predicted molar refractivity (Wildman–Crippen MR) is 86.5 cm³/mol. The molecule has 1 aromatic carbocycles. The van der Waals surface area contributed by atoms with E-state index in [-0.39, 0.29) is 5.75 Å². The van der Waals surface area contributed by atoms with Gasteiger partial charge in [-0.05, 0) is 43.8 Å². The monoisotopic (exact) mass is 311 g/mol. The van der Waals surface area contributed by atoms with Gasteiger partial charge in [-0.2, -0.15) is 0 Å². The molecule has 0 radical (unpaired) electrons. The SMILES string of the molecule is CCS(=O)(=O)c1ccc(N2CCN(CCCN)CC2)cc1. The van der Waals surface area contributed by atoms with Crippen molar-refractivity contribution in [1.82, 2.24) is 4.90 Å². The van der Waals surface area contributed by atoms with Crippen molar-refractivity contribution < 1.29 is 8.42 Å². The zero-order valence-corrected chi connectivity index (χ0v) is 13.5. The number of hydrogen-bond acceptors (Lipinski definition) is 5. The molecule has 1 aliphatic heterocycles. The molecule has 0 unspecified atom stereocenters. The normalized spacial score (nSPS) is 17.1. The summed E-state index contributed by atoms with van der Waals surface area (Å²) >= 11 is 0. The Morgan fingerprint density at radius 3 is 2.24 bits per heavy atom. The molecule has 0 aromatic heterocycles. The molecule has 2 N–H and O–H groups in total. The molecular weight excluding hydrogens is 286 g/mol. The van der Waals surface area contributed by atoms with Crippen molar-refractivity contribution in [3.63, 3.8) is 0 Å². The minimum Gasteiger partial charge on any atom is -0.369 e. The summed E-state index contributed by atoms with van der Waals surface area (Å²) in [6.07, 6.45) is 1.05. The van der Waals surface area contributed by atoms with Crippen LogP contribution >= 0.6 is 0 Å². The van der Waals surface area contributed by atoms with Crippen LogP contribution in [0.1, 0.15) is 13.3 Å². The second-order valence-corrected chi connectivity index (χ2v) is 7.65. The molecule has 0 amide bonds. The lowest BCUT2D eigenvalue weighted by Crippen LogP contribution is -2.46. The summed E-state index contributed by atoms with van der Waals surface area (Å²) in [5, 5.41) is 0. The van der Waals surface area contributed by atoms with Crippen LogP contribution in [0.2, 0.25) is 0 Å². The minimum atomic E-state index is -3.10. The maximum atomic E-state index is 11.8. The molecule has 6 heteroatoms. The molecule has 0 saturated carbocycles. The first-order chi connectivity index (χ1) is 10.1. The summed E-state index contributed by atoms with van der Waals surface area (Å²) in [5.74, 6) is 0.145. The molecule has 1 fully saturated rings. The van der Waals surface area contributed by atoms with E-state index in [0.717, 1.165) is 51.4 Å². The van der Waals surface area contributed by atoms with Crippen LogP contribution in [0.25, 0.3) is 0 Å². The van der Waals surface area contributed by atoms with E-state index in [4.69, 9.17) is 5.73 Å². The number of sulfone groups is 1. The van der Waals surface area contributed by atoms with Gasteiger partial charge < -0.3 is 10.6 Å². The summed E-state index contributed by atoms with van der Waals surface area (Å²) in [7, 11) is -3.10. The zero-order chi connectivity index (χ0) is 15.3. The molecule has 5 nitrogen and oxygen atoms in total.